The van der Waals surface area contributed by atoms with Crippen molar-refractivity contribution in [2.24, 2.45) is 0 Å². The van der Waals surface area contributed by atoms with Gasteiger partial charge < -0.3 is 14.2 Å². The first-order chi connectivity index (χ1) is 11.3. The lowest BCUT2D eigenvalue weighted by atomic mass is 10.2. The number of esters is 1. The molecule has 0 aromatic carbocycles. The van der Waals surface area contributed by atoms with Crippen LogP contribution in [0.5, 0.6) is 5.75 Å². The van der Waals surface area contributed by atoms with Crippen LogP contribution < -0.4 is 4.74 Å². The molecule has 1 saturated carbocycles. The van der Waals surface area contributed by atoms with Gasteiger partial charge in [-0.25, -0.2) is 9.31 Å². The fraction of sp³-hybridized carbons (Fsp3) is 0.529. The summed E-state index contributed by atoms with van der Waals surface area (Å²) >= 11 is 0. The first-order valence-corrected chi connectivity index (χ1v) is 8.11. The van der Waals surface area contributed by atoms with Gasteiger partial charge >= 0.3 is 5.97 Å². The van der Waals surface area contributed by atoms with Crippen LogP contribution in [-0.2, 0) is 9.47 Å². The number of ether oxygens (including phenoxy) is 3. The minimum Gasteiger partial charge on any atom is -0.489 e. The second kappa shape index (κ2) is 5.85. The molecule has 1 aliphatic carbocycles. The fourth-order valence-corrected chi connectivity index (χ4v) is 3.13. The Hall–Kier alpha value is -2.08. The topological polar surface area (TPSA) is 62.1 Å². The van der Waals surface area contributed by atoms with Gasteiger partial charge in [0.1, 0.15) is 17.9 Å². The zero-order valence-electron chi connectivity index (χ0n) is 13.2. The Labute approximate surface area is 134 Å². The van der Waals surface area contributed by atoms with Crippen molar-refractivity contribution < 1.29 is 19.0 Å². The van der Waals surface area contributed by atoms with Crippen molar-refractivity contribution in [2.75, 3.05) is 20.3 Å². The summed E-state index contributed by atoms with van der Waals surface area (Å²) in [6.07, 6.45) is 6.16. The molecule has 2 aromatic rings. The number of nitrogens with zero attached hydrogens (tertiary/aromatic N) is 2. The SMILES string of the molecule is COC(=O)c1cnn2c(C3CC3)c(OCC3CCCO3)ccc12. The van der Waals surface area contributed by atoms with Gasteiger partial charge in [-0.1, -0.05) is 0 Å². The van der Waals surface area contributed by atoms with Crippen LogP contribution in [0.3, 0.4) is 0 Å². The molecule has 1 saturated heterocycles. The van der Waals surface area contributed by atoms with Crippen molar-refractivity contribution in [3.63, 3.8) is 0 Å². The number of fused-ring (bicyclic) bond motifs is 1. The Morgan fingerprint density at radius 1 is 1.39 bits per heavy atom. The first kappa shape index (κ1) is 14.5. The summed E-state index contributed by atoms with van der Waals surface area (Å²) in [7, 11) is 1.38. The number of carbonyl (C=O) groups excluding carboxylic acids is 1. The lowest BCUT2D eigenvalue weighted by molar-refractivity contribution is 0.0603. The lowest BCUT2D eigenvalue weighted by Gasteiger charge is -2.15. The maximum Gasteiger partial charge on any atom is 0.341 e. The van der Waals surface area contributed by atoms with Crippen LogP contribution in [0, 0.1) is 0 Å². The van der Waals surface area contributed by atoms with E-state index in [0.717, 1.165) is 49.3 Å². The highest BCUT2D eigenvalue weighted by Crippen LogP contribution is 2.44. The van der Waals surface area contributed by atoms with Crippen molar-refractivity contribution >= 4 is 11.5 Å². The highest BCUT2D eigenvalue weighted by atomic mass is 16.5. The highest BCUT2D eigenvalue weighted by Gasteiger charge is 2.31. The summed E-state index contributed by atoms with van der Waals surface area (Å²) < 4.78 is 18.3. The Morgan fingerprint density at radius 2 is 2.26 bits per heavy atom. The first-order valence-electron chi connectivity index (χ1n) is 8.11. The third kappa shape index (κ3) is 2.67. The van der Waals surface area contributed by atoms with Crippen LogP contribution in [0.4, 0.5) is 0 Å². The zero-order valence-corrected chi connectivity index (χ0v) is 13.2. The van der Waals surface area contributed by atoms with Gasteiger partial charge in [-0.2, -0.15) is 5.10 Å². The fourth-order valence-electron chi connectivity index (χ4n) is 3.13. The van der Waals surface area contributed by atoms with Gasteiger partial charge in [0.15, 0.2) is 0 Å². The predicted molar refractivity (Wildman–Crippen MR) is 83.0 cm³/mol. The maximum atomic E-state index is 11.8. The van der Waals surface area contributed by atoms with E-state index in [1.807, 2.05) is 16.6 Å². The van der Waals surface area contributed by atoms with Crippen LogP contribution in [0.1, 0.15) is 47.7 Å². The zero-order chi connectivity index (χ0) is 15.8. The molecule has 0 bridgehead atoms. The second-order valence-electron chi connectivity index (χ2n) is 6.15. The molecule has 122 valence electrons. The van der Waals surface area contributed by atoms with Crippen LogP contribution in [0.2, 0.25) is 0 Å². The molecule has 4 rings (SSSR count). The Kier molecular flexibility index (Phi) is 3.69. The number of pyridine rings is 1. The minimum atomic E-state index is -0.366. The molecule has 6 nitrogen and oxygen atoms in total. The molecule has 1 atom stereocenters. The van der Waals surface area contributed by atoms with Gasteiger partial charge in [-0.05, 0) is 37.8 Å². The molecule has 1 unspecified atom stereocenters. The highest BCUT2D eigenvalue weighted by molar-refractivity contribution is 5.96. The summed E-state index contributed by atoms with van der Waals surface area (Å²) in [5.74, 6) is 0.924. The summed E-state index contributed by atoms with van der Waals surface area (Å²) in [6, 6.07) is 3.81. The van der Waals surface area contributed by atoms with Crippen LogP contribution in [0.15, 0.2) is 18.3 Å². The van der Waals surface area contributed by atoms with Gasteiger partial charge in [0, 0.05) is 12.5 Å². The van der Waals surface area contributed by atoms with Gasteiger partial charge in [0.05, 0.1) is 30.6 Å². The number of rotatable bonds is 5. The third-order valence-electron chi connectivity index (χ3n) is 4.50. The maximum absolute atomic E-state index is 11.8. The van der Waals surface area contributed by atoms with E-state index in [0.29, 0.717) is 18.1 Å². The van der Waals surface area contributed by atoms with Crippen molar-refractivity contribution in [3.05, 3.63) is 29.6 Å². The smallest absolute Gasteiger partial charge is 0.341 e. The molecule has 2 aliphatic rings. The molecule has 2 aromatic heterocycles. The van der Waals surface area contributed by atoms with E-state index in [-0.39, 0.29) is 12.1 Å². The molecule has 6 heteroatoms. The van der Waals surface area contributed by atoms with E-state index < -0.39 is 0 Å². The monoisotopic (exact) mass is 316 g/mol. The third-order valence-corrected chi connectivity index (χ3v) is 4.50. The Morgan fingerprint density at radius 3 is 2.96 bits per heavy atom. The molecule has 2 fully saturated rings. The average Bonchev–Trinajstić information content (AvgIpc) is 3.10. The van der Waals surface area contributed by atoms with Crippen LogP contribution >= 0.6 is 0 Å². The summed E-state index contributed by atoms with van der Waals surface area (Å²) in [6.45, 7) is 1.39. The molecule has 0 N–H and O–H groups in total. The van der Waals surface area contributed by atoms with E-state index >= 15 is 0 Å². The molecular weight excluding hydrogens is 296 g/mol. The van der Waals surface area contributed by atoms with E-state index in [1.165, 1.54) is 7.11 Å². The number of hydrogen-bond acceptors (Lipinski definition) is 5. The molecule has 0 radical (unpaired) electrons. The van der Waals surface area contributed by atoms with Crippen molar-refractivity contribution in [3.8, 4) is 5.75 Å². The predicted octanol–water partition coefficient (Wildman–Crippen LogP) is 2.56. The van der Waals surface area contributed by atoms with Gasteiger partial charge in [0.25, 0.3) is 0 Å². The molecule has 1 aliphatic heterocycles. The second-order valence-corrected chi connectivity index (χ2v) is 6.15. The molecule has 0 spiro atoms. The Balaban J connectivity index is 1.67. The molecule has 3 heterocycles. The normalized spacial score (nSPS) is 20.8. The van der Waals surface area contributed by atoms with E-state index in [4.69, 9.17) is 14.2 Å². The van der Waals surface area contributed by atoms with E-state index in [9.17, 15) is 4.79 Å². The number of carbonyl (C=O) groups is 1. The van der Waals surface area contributed by atoms with Crippen molar-refractivity contribution in [1.82, 2.24) is 9.61 Å². The van der Waals surface area contributed by atoms with Crippen LogP contribution in [0.25, 0.3) is 5.52 Å². The van der Waals surface area contributed by atoms with Gasteiger partial charge in [-0.3, -0.25) is 0 Å². The number of methoxy groups -OCH3 is 1. The van der Waals surface area contributed by atoms with Gasteiger partial charge in [0.2, 0.25) is 0 Å². The summed E-state index contributed by atoms with van der Waals surface area (Å²) in [4.78, 5) is 11.8. The Bertz CT molecular complexity index is 730. The van der Waals surface area contributed by atoms with E-state index in [2.05, 4.69) is 5.10 Å². The average molecular weight is 316 g/mol. The van der Waals surface area contributed by atoms with Gasteiger partial charge in [-0.15, -0.1) is 0 Å². The van der Waals surface area contributed by atoms with E-state index in [1.54, 1.807) is 6.20 Å². The summed E-state index contributed by atoms with van der Waals surface area (Å²) in [5.41, 5.74) is 2.30. The molecule has 23 heavy (non-hydrogen) atoms. The molecule has 0 amide bonds. The molecular formula is C17H20N2O4. The summed E-state index contributed by atoms with van der Waals surface area (Å²) in [5, 5.41) is 4.39. The number of aromatic nitrogens is 2. The largest absolute Gasteiger partial charge is 0.489 e. The number of hydrogen-bond donors (Lipinski definition) is 0. The van der Waals surface area contributed by atoms with Crippen LogP contribution in [-0.4, -0.2) is 42.0 Å². The minimum absolute atomic E-state index is 0.181. The van der Waals surface area contributed by atoms with Crippen molar-refractivity contribution in [1.29, 1.82) is 0 Å². The quantitative estimate of drug-likeness (QED) is 0.793. The van der Waals surface area contributed by atoms with Crippen molar-refractivity contribution in [2.45, 2.75) is 37.7 Å². The standard InChI is InChI=1S/C17H20N2O4/c1-21-17(20)13-9-18-19-14(13)6-7-15(16(19)11-4-5-11)23-10-12-3-2-8-22-12/h6-7,9,11-12H,2-5,8,10H2,1H3. The lowest BCUT2D eigenvalue weighted by Crippen LogP contribution is -2.17.